The van der Waals surface area contributed by atoms with Crippen molar-refractivity contribution in [2.75, 3.05) is 11.9 Å². The molecule has 0 aliphatic rings. The maximum atomic E-state index is 13.2. The molecular weight excluding hydrogens is 470 g/mol. The quantitative estimate of drug-likeness (QED) is 0.193. The topological polar surface area (TPSA) is 148 Å². The second-order valence-electron chi connectivity index (χ2n) is 8.32. The molecule has 1 heterocycles. The highest BCUT2D eigenvalue weighted by atomic mass is 16.2. The van der Waals surface area contributed by atoms with Crippen LogP contribution in [0.4, 0.5) is 5.82 Å². The molecule has 0 aliphatic heterocycles. The monoisotopic (exact) mass is 497 g/mol. The van der Waals surface area contributed by atoms with Crippen LogP contribution in [0, 0.1) is 5.41 Å². The van der Waals surface area contributed by atoms with Crippen molar-refractivity contribution in [3.8, 4) is 5.69 Å². The summed E-state index contributed by atoms with van der Waals surface area (Å²) in [5.74, 6) is -0.571. The van der Waals surface area contributed by atoms with Gasteiger partial charge in [-0.05, 0) is 29.7 Å². The summed E-state index contributed by atoms with van der Waals surface area (Å²) in [6.45, 7) is 0.138. The third-order valence-corrected chi connectivity index (χ3v) is 5.67. The van der Waals surface area contributed by atoms with Gasteiger partial charge < -0.3 is 16.4 Å². The average molecular weight is 498 g/mol. The van der Waals surface area contributed by atoms with Crippen LogP contribution >= 0.6 is 0 Å². The fraction of sp³-hybridized carbons (Fsp3) is 0.148. The van der Waals surface area contributed by atoms with Crippen molar-refractivity contribution in [1.29, 1.82) is 5.41 Å². The largest absolute Gasteiger partial charge is 0.384 e. The molecule has 0 spiro atoms. The average Bonchev–Trinajstić information content (AvgIpc) is 2.92. The summed E-state index contributed by atoms with van der Waals surface area (Å²) in [7, 11) is 0. The molecular formula is C27H27N7O3. The van der Waals surface area contributed by atoms with Crippen LogP contribution in [0.25, 0.3) is 5.69 Å². The maximum absolute atomic E-state index is 13.2. The molecule has 0 fully saturated rings. The van der Waals surface area contributed by atoms with E-state index in [1.54, 1.807) is 54.6 Å². The molecule has 37 heavy (non-hydrogen) atoms. The van der Waals surface area contributed by atoms with Gasteiger partial charge in [0.05, 0.1) is 5.69 Å². The Hall–Kier alpha value is -4.99. The summed E-state index contributed by atoms with van der Waals surface area (Å²) in [6.07, 6.45) is 0.648. The number of amidine groups is 1. The number of carbonyl (C=O) groups is 1. The maximum Gasteiger partial charge on any atom is 0.352 e. The number of benzene rings is 3. The van der Waals surface area contributed by atoms with Crippen LogP contribution in [0.15, 0.2) is 94.5 Å². The van der Waals surface area contributed by atoms with Crippen LogP contribution < -0.4 is 27.6 Å². The number of amides is 1. The highest BCUT2D eigenvalue weighted by Crippen LogP contribution is 2.05. The highest BCUT2D eigenvalue weighted by molar-refractivity contribution is 5.94. The molecule has 1 amide bonds. The van der Waals surface area contributed by atoms with E-state index < -0.39 is 23.7 Å². The first-order valence-corrected chi connectivity index (χ1v) is 11.7. The van der Waals surface area contributed by atoms with E-state index in [-0.39, 0.29) is 18.2 Å². The molecule has 4 rings (SSSR count). The van der Waals surface area contributed by atoms with Gasteiger partial charge in [-0.2, -0.15) is 4.68 Å². The minimum absolute atomic E-state index is 0.0213. The summed E-state index contributed by atoms with van der Waals surface area (Å²) in [6, 6.07) is 25.3. The van der Waals surface area contributed by atoms with Gasteiger partial charge in [-0.15, -0.1) is 5.10 Å². The first kappa shape index (κ1) is 25.1. The van der Waals surface area contributed by atoms with Gasteiger partial charge >= 0.3 is 5.69 Å². The lowest BCUT2D eigenvalue weighted by molar-refractivity contribution is -0.121. The Morgan fingerprint density at radius 1 is 0.892 bits per heavy atom. The smallest absolute Gasteiger partial charge is 0.352 e. The van der Waals surface area contributed by atoms with E-state index in [1.807, 2.05) is 30.3 Å². The van der Waals surface area contributed by atoms with E-state index in [9.17, 15) is 14.4 Å². The molecule has 0 aliphatic carbocycles. The summed E-state index contributed by atoms with van der Waals surface area (Å²) < 4.78 is 1.99. The zero-order valence-electron chi connectivity index (χ0n) is 20.1. The Kier molecular flexibility index (Phi) is 7.89. The second kappa shape index (κ2) is 11.6. The fourth-order valence-corrected chi connectivity index (χ4v) is 3.67. The van der Waals surface area contributed by atoms with Crippen LogP contribution in [0.3, 0.4) is 0 Å². The predicted molar refractivity (Wildman–Crippen MR) is 142 cm³/mol. The van der Waals surface area contributed by atoms with Gasteiger partial charge in [-0.25, -0.2) is 9.36 Å². The highest BCUT2D eigenvalue weighted by Gasteiger charge is 2.17. The van der Waals surface area contributed by atoms with Crippen molar-refractivity contribution in [1.82, 2.24) is 19.7 Å². The second-order valence-corrected chi connectivity index (χ2v) is 8.32. The van der Waals surface area contributed by atoms with Gasteiger partial charge in [-0.1, -0.05) is 72.8 Å². The minimum Gasteiger partial charge on any atom is -0.384 e. The zero-order valence-corrected chi connectivity index (χ0v) is 20.1. The molecule has 0 saturated carbocycles. The predicted octanol–water partition coefficient (Wildman–Crippen LogP) is 1.65. The number of rotatable bonds is 10. The Morgan fingerprint density at radius 2 is 1.54 bits per heavy atom. The third kappa shape index (κ3) is 6.37. The molecule has 0 unspecified atom stereocenters. The van der Waals surface area contributed by atoms with Gasteiger partial charge in [-0.3, -0.25) is 15.0 Å². The molecule has 0 bridgehead atoms. The number of nitrogens with two attached hydrogens (primary N) is 1. The van der Waals surface area contributed by atoms with E-state index in [2.05, 4.69) is 15.7 Å². The summed E-state index contributed by atoms with van der Waals surface area (Å²) in [5, 5.41) is 17.5. The molecule has 4 aromatic rings. The number of para-hydroxylation sites is 1. The number of nitrogens with zero attached hydrogens (tertiary/aromatic N) is 3. The summed E-state index contributed by atoms with van der Waals surface area (Å²) in [5.41, 5.74) is 6.99. The van der Waals surface area contributed by atoms with Crippen LogP contribution in [-0.2, 0) is 24.3 Å². The molecule has 0 atom stereocenters. The van der Waals surface area contributed by atoms with Gasteiger partial charge in [0.15, 0.2) is 0 Å². The van der Waals surface area contributed by atoms with Crippen molar-refractivity contribution in [2.24, 2.45) is 5.73 Å². The van der Waals surface area contributed by atoms with Crippen molar-refractivity contribution in [3.05, 3.63) is 122 Å². The summed E-state index contributed by atoms with van der Waals surface area (Å²) >= 11 is 0. The molecule has 0 saturated heterocycles. The first-order valence-electron chi connectivity index (χ1n) is 11.7. The fourth-order valence-electron chi connectivity index (χ4n) is 3.67. The van der Waals surface area contributed by atoms with Crippen LogP contribution in [-0.4, -0.2) is 32.6 Å². The number of anilines is 1. The van der Waals surface area contributed by atoms with E-state index in [0.717, 1.165) is 20.4 Å². The number of nitrogen functional groups attached to an aromatic ring is 1. The summed E-state index contributed by atoms with van der Waals surface area (Å²) in [4.78, 5) is 39.0. The van der Waals surface area contributed by atoms with Crippen molar-refractivity contribution in [3.63, 3.8) is 0 Å². The van der Waals surface area contributed by atoms with Gasteiger partial charge in [0.2, 0.25) is 11.7 Å². The SMILES string of the molecule is N=C(N)c1ccc(CNC(=O)Cn2c(=O)c(NCCc3ccccc3)nn(-c3ccccc3)c2=O)cc1. The van der Waals surface area contributed by atoms with Gasteiger partial charge in [0.25, 0.3) is 5.56 Å². The van der Waals surface area contributed by atoms with Crippen LogP contribution in [0.5, 0.6) is 0 Å². The van der Waals surface area contributed by atoms with Crippen molar-refractivity contribution in [2.45, 2.75) is 19.5 Å². The molecule has 5 N–H and O–H groups in total. The van der Waals surface area contributed by atoms with Gasteiger partial charge in [0, 0.05) is 18.7 Å². The number of carbonyl (C=O) groups excluding carboxylic acids is 1. The normalized spacial score (nSPS) is 10.6. The van der Waals surface area contributed by atoms with E-state index >= 15 is 0 Å². The third-order valence-electron chi connectivity index (χ3n) is 5.67. The molecule has 10 nitrogen and oxygen atoms in total. The lowest BCUT2D eigenvalue weighted by Crippen LogP contribution is -2.45. The number of hydrogen-bond donors (Lipinski definition) is 4. The molecule has 0 radical (unpaired) electrons. The lowest BCUT2D eigenvalue weighted by Gasteiger charge is -2.13. The lowest BCUT2D eigenvalue weighted by atomic mass is 10.1. The standard InChI is InChI=1S/C27H27N7O3/c28-24(29)21-13-11-20(12-14-21)17-31-23(35)18-33-26(36)25(30-16-15-19-7-3-1-4-8-19)32-34(27(33)37)22-9-5-2-6-10-22/h1-14H,15-18H2,(H3,28,29)(H,30,32)(H,31,35). The van der Waals surface area contributed by atoms with Crippen LogP contribution in [0.2, 0.25) is 0 Å². The first-order chi connectivity index (χ1) is 17.9. The number of aromatic nitrogens is 3. The Bertz CT molecular complexity index is 1500. The molecule has 10 heteroatoms. The molecule has 1 aromatic heterocycles. The number of nitrogens with one attached hydrogen (secondary N) is 3. The zero-order chi connectivity index (χ0) is 26.2. The Balaban J connectivity index is 1.54. The van der Waals surface area contributed by atoms with E-state index in [1.165, 1.54) is 0 Å². The number of hydrogen-bond acceptors (Lipinski definition) is 6. The molecule has 3 aromatic carbocycles. The van der Waals surface area contributed by atoms with Gasteiger partial charge in [0.1, 0.15) is 12.4 Å². The minimum atomic E-state index is -0.717. The Labute approximate surface area is 212 Å². The Morgan fingerprint density at radius 3 is 2.19 bits per heavy atom. The molecule has 188 valence electrons. The van der Waals surface area contributed by atoms with Crippen molar-refractivity contribution < 1.29 is 4.79 Å². The van der Waals surface area contributed by atoms with E-state index in [4.69, 9.17) is 11.1 Å². The van der Waals surface area contributed by atoms with Crippen molar-refractivity contribution >= 4 is 17.6 Å². The van der Waals surface area contributed by atoms with Crippen LogP contribution in [0.1, 0.15) is 16.7 Å². The van der Waals surface area contributed by atoms with E-state index in [0.29, 0.717) is 24.2 Å².